The maximum atomic E-state index is 5.67. The second-order valence-electron chi connectivity index (χ2n) is 5.52. The normalized spacial score (nSPS) is 37.1. The van der Waals surface area contributed by atoms with Crippen LogP contribution in [-0.4, -0.2) is 49.8 Å². The number of nitrogens with one attached hydrogen (secondary N) is 1. The average molecular weight is 226 g/mol. The Morgan fingerprint density at radius 2 is 2.12 bits per heavy atom. The van der Waals surface area contributed by atoms with Crippen LogP contribution in [-0.2, 0) is 4.74 Å². The monoisotopic (exact) mass is 226 g/mol. The summed E-state index contributed by atoms with van der Waals surface area (Å²) in [5.41, 5.74) is 0. The minimum Gasteiger partial charge on any atom is -0.380 e. The van der Waals surface area contributed by atoms with Crippen molar-refractivity contribution in [3.63, 3.8) is 0 Å². The summed E-state index contributed by atoms with van der Waals surface area (Å²) < 4.78 is 5.67. The highest BCUT2D eigenvalue weighted by Gasteiger charge is 2.37. The molecular weight excluding hydrogens is 200 g/mol. The lowest BCUT2D eigenvalue weighted by Gasteiger charge is -2.41. The van der Waals surface area contributed by atoms with E-state index in [-0.39, 0.29) is 0 Å². The number of likely N-dealkylation sites (tertiary alicyclic amines) is 1. The highest BCUT2D eigenvalue weighted by Crippen LogP contribution is 2.28. The van der Waals surface area contributed by atoms with Crippen molar-refractivity contribution in [3.8, 4) is 0 Å². The molecule has 0 spiro atoms. The second-order valence-corrected chi connectivity index (χ2v) is 5.52. The van der Waals surface area contributed by atoms with Crippen LogP contribution in [0.1, 0.15) is 33.1 Å². The van der Waals surface area contributed by atoms with E-state index < -0.39 is 0 Å². The maximum Gasteiger partial charge on any atom is 0.0637 e. The molecule has 3 heteroatoms. The third-order valence-corrected chi connectivity index (χ3v) is 4.23. The molecule has 2 aliphatic heterocycles. The van der Waals surface area contributed by atoms with Crippen molar-refractivity contribution in [2.45, 2.75) is 51.2 Å². The molecule has 0 aliphatic carbocycles. The van der Waals surface area contributed by atoms with Crippen LogP contribution in [0.15, 0.2) is 0 Å². The smallest absolute Gasteiger partial charge is 0.0637 e. The standard InChI is InChI=1S/C13H26N2O/c1-10(2)12-5-4-7-15(12)13-9-16-8-6-11(13)14-3/h10-14H,4-9H2,1-3H3. The molecule has 2 heterocycles. The van der Waals surface area contributed by atoms with Crippen molar-refractivity contribution in [1.29, 1.82) is 0 Å². The van der Waals surface area contributed by atoms with Gasteiger partial charge in [-0.15, -0.1) is 0 Å². The Kier molecular flexibility index (Phi) is 4.22. The van der Waals surface area contributed by atoms with Gasteiger partial charge in [-0.2, -0.15) is 0 Å². The largest absolute Gasteiger partial charge is 0.380 e. The van der Waals surface area contributed by atoms with Crippen molar-refractivity contribution in [3.05, 3.63) is 0 Å². The minimum absolute atomic E-state index is 0.591. The van der Waals surface area contributed by atoms with Gasteiger partial charge in [-0.3, -0.25) is 4.90 Å². The van der Waals surface area contributed by atoms with E-state index in [1.807, 2.05) is 0 Å². The van der Waals surface area contributed by atoms with Gasteiger partial charge in [0, 0.05) is 24.7 Å². The molecular formula is C13H26N2O. The lowest BCUT2D eigenvalue weighted by Crippen LogP contribution is -2.56. The number of likely N-dealkylation sites (N-methyl/N-ethyl adjacent to an activating group) is 1. The Morgan fingerprint density at radius 1 is 1.31 bits per heavy atom. The Bertz CT molecular complexity index is 220. The highest BCUT2D eigenvalue weighted by molar-refractivity contribution is 4.93. The summed E-state index contributed by atoms with van der Waals surface area (Å²) in [4.78, 5) is 2.70. The third-order valence-electron chi connectivity index (χ3n) is 4.23. The topological polar surface area (TPSA) is 24.5 Å². The molecule has 2 fully saturated rings. The second kappa shape index (κ2) is 5.48. The van der Waals surface area contributed by atoms with E-state index in [0.717, 1.165) is 31.6 Å². The summed E-state index contributed by atoms with van der Waals surface area (Å²) in [5, 5.41) is 3.47. The van der Waals surface area contributed by atoms with Gasteiger partial charge in [0.05, 0.1) is 6.61 Å². The summed E-state index contributed by atoms with van der Waals surface area (Å²) in [6.45, 7) is 7.79. The average Bonchev–Trinajstić information content (AvgIpc) is 2.77. The third kappa shape index (κ3) is 2.41. The fourth-order valence-corrected chi connectivity index (χ4v) is 3.33. The Balaban J connectivity index is 2.03. The summed E-state index contributed by atoms with van der Waals surface area (Å²) in [7, 11) is 2.09. The first-order chi connectivity index (χ1) is 7.74. The molecule has 3 unspecified atom stereocenters. The Hall–Kier alpha value is -0.120. The van der Waals surface area contributed by atoms with Crippen LogP contribution >= 0.6 is 0 Å². The Morgan fingerprint density at radius 3 is 2.81 bits per heavy atom. The van der Waals surface area contributed by atoms with Crippen LogP contribution in [0.25, 0.3) is 0 Å². The van der Waals surface area contributed by atoms with Gasteiger partial charge >= 0.3 is 0 Å². The quantitative estimate of drug-likeness (QED) is 0.789. The van der Waals surface area contributed by atoms with Crippen LogP contribution in [0.2, 0.25) is 0 Å². The molecule has 0 radical (unpaired) electrons. The van der Waals surface area contributed by atoms with Crippen molar-refractivity contribution in [1.82, 2.24) is 10.2 Å². The van der Waals surface area contributed by atoms with Gasteiger partial charge in [-0.05, 0) is 38.8 Å². The summed E-state index contributed by atoms with van der Waals surface area (Å²) in [6.07, 6.45) is 3.88. The number of ether oxygens (including phenoxy) is 1. The molecule has 0 saturated carbocycles. The van der Waals surface area contributed by atoms with Gasteiger partial charge in [0.1, 0.15) is 0 Å². The molecule has 3 atom stereocenters. The minimum atomic E-state index is 0.591. The molecule has 1 N–H and O–H groups in total. The first-order valence-electron chi connectivity index (χ1n) is 6.74. The van der Waals surface area contributed by atoms with Gasteiger partial charge in [-0.1, -0.05) is 13.8 Å². The van der Waals surface area contributed by atoms with E-state index in [4.69, 9.17) is 4.74 Å². The lowest BCUT2D eigenvalue weighted by molar-refractivity contribution is -0.0125. The van der Waals surface area contributed by atoms with Crippen molar-refractivity contribution in [2.75, 3.05) is 26.8 Å². The van der Waals surface area contributed by atoms with E-state index in [1.165, 1.54) is 19.4 Å². The van der Waals surface area contributed by atoms with E-state index in [9.17, 15) is 0 Å². The molecule has 2 rings (SSSR count). The van der Waals surface area contributed by atoms with E-state index in [1.54, 1.807) is 0 Å². The zero-order valence-corrected chi connectivity index (χ0v) is 10.9. The van der Waals surface area contributed by atoms with Crippen molar-refractivity contribution in [2.24, 2.45) is 5.92 Å². The molecule has 2 aliphatic rings. The summed E-state index contributed by atoms with van der Waals surface area (Å²) in [6, 6.07) is 1.98. The fraction of sp³-hybridized carbons (Fsp3) is 1.00. The number of hydrogen-bond donors (Lipinski definition) is 1. The van der Waals surface area contributed by atoms with Gasteiger partial charge in [0.25, 0.3) is 0 Å². The highest BCUT2D eigenvalue weighted by atomic mass is 16.5. The van der Waals surface area contributed by atoms with E-state index in [2.05, 4.69) is 31.1 Å². The summed E-state index contributed by atoms with van der Waals surface area (Å²) >= 11 is 0. The van der Waals surface area contributed by atoms with Gasteiger partial charge in [0.2, 0.25) is 0 Å². The fourth-order valence-electron chi connectivity index (χ4n) is 3.33. The van der Waals surface area contributed by atoms with Gasteiger partial charge < -0.3 is 10.1 Å². The number of rotatable bonds is 3. The zero-order valence-electron chi connectivity index (χ0n) is 10.9. The van der Waals surface area contributed by atoms with Crippen LogP contribution in [0, 0.1) is 5.92 Å². The summed E-state index contributed by atoms with van der Waals surface area (Å²) in [5.74, 6) is 0.766. The van der Waals surface area contributed by atoms with Crippen LogP contribution in [0.3, 0.4) is 0 Å². The number of nitrogens with zero attached hydrogens (tertiary/aromatic N) is 1. The van der Waals surface area contributed by atoms with Crippen molar-refractivity contribution < 1.29 is 4.74 Å². The van der Waals surface area contributed by atoms with E-state index >= 15 is 0 Å². The molecule has 3 nitrogen and oxygen atoms in total. The Labute approximate surface area is 99.5 Å². The van der Waals surface area contributed by atoms with Crippen LogP contribution in [0.5, 0.6) is 0 Å². The molecule has 0 aromatic heterocycles. The predicted molar refractivity (Wildman–Crippen MR) is 66.6 cm³/mol. The molecule has 16 heavy (non-hydrogen) atoms. The lowest BCUT2D eigenvalue weighted by atomic mass is 9.96. The van der Waals surface area contributed by atoms with Crippen LogP contribution in [0.4, 0.5) is 0 Å². The van der Waals surface area contributed by atoms with Gasteiger partial charge in [-0.25, -0.2) is 0 Å². The molecule has 0 amide bonds. The number of hydrogen-bond acceptors (Lipinski definition) is 3. The zero-order chi connectivity index (χ0) is 11.5. The molecule has 0 bridgehead atoms. The first-order valence-corrected chi connectivity index (χ1v) is 6.74. The van der Waals surface area contributed by atoms with Crippen molar-refractivity contribution >= 4 is 0 Å². The predicted octanol–water partition coefficient (Wildman–Crippen LogP) is 1.48. The molecule has 2 saturated heterocycles. The maximum absolute atomic E-state index is 5.67. The van der Waals surface area contributed by atoms with E-state index in [0.29, 0.717) is 12.1 Å². The molecule has 94 valence electrons. The molecule has 0 aromatic carbocycles. The van der Waals surface area contributed by atoms with Gasteiger partial charge in [0.15, 0.2) is 0 Å². The molecule has 0 aromatic rings. The van der Waals surface area contributed by atoms with Crippen LogP contribution < -0.4 is 5.32 Å². The SMILES string of the molecule is CNC1CCOCC1N1CCCC1C(C)C. The first kappa shape index (κ1) is 12.3.